The lowest BCUT2D eigenvalue weighted by Gasteiger charge is -2.00. The summed E-state index contributed by atoms with van der Waals surface area (Å²) < 4.78 is 4.85. The molecule has 0 atom stereocenters. The topological polar surface area (TPSA) is 38.9 Å². The standard InChI is InChI=1S/C9H6Cl2N2O/c1-5-12-9(13-14-5)8-6(10)3-2-4-7(8)11/h2-4H,1H3. The third-order valence-electron chi connectivity index (χ3n) is 1.71. The lowest BCUT2D eigenvalue weighted by Crippen LogP contribution is -1.83. The monoisotopic (exact) mass is 228 g/mol. The van der Waals surface area contributed by atoms with Crippen molar-refractivity contribution in [3.63, 3.8) is 0 Å². The van der Waals surface area contributed by atoms with Gasteiger partial charge in [-0.1, -0.05) is 34.4 Å². The van der Waals surface area contributed by atoms with E-state index in [1.54, 1.807) is 25.1 Å². The molecule has 14 heavy (non-hydrogen) atoms. The Kier molecular flexibility index (Phi) is 2.44. The number of aromatic nitrogens is 2. The van der Waals surface area contributed by atoms with Crippen molar-refractivity contribution in [2.24, 2.45) is 0 Å². The largest absolute Gasteiger partial charge is 0.339 e. The van der Waals surface area contributed by atoms with E-state index in [1.165, 1.54) is 0 Å². The summed E-state index contributed by atoms with van der Waals surface area (Å²) in [5, 5.41) is 4.78. The second-order valence-electron chi connectivity index (χ2n) is 2.73. The van der Waals surface area contributed by atoms with Crippen LogP contribution >= 0.6 is 23.2 Å². The number of hydrogen-bond acceptors (Lipinski definition) is 3. The van der Waals surface area contributed by atoms with Crippen molar-refractivity contribution in [2.45, 2.75) is 6.92 Å². The van der Waals surface area contributed by atoms with Crippen LogP contribution in [0.1, 0.15) is 5.89 Å². The Bertz CT molecular complexity index is 447. The fourth-order valence-corrected chi connectivity index (χ4v) is 1.68. The summed E-state index contributed by atoms with van der Waals surface area (Å²) >= 11 is 11.9. The van der Waals surface area contributed by atoms with Crippen LogP contribution in [-0.2, 0) is 0 Å². The summed E-state index contributed by atoms with van der Waals surface area (Å²) in [6, 6.07) is 5.23. The van der Waals surface area contributed by atoms with E-state index < -0.39 is 0 Å². The molecule has 1 heterocycles. The minimum Gasteiger partial charge on any atom is -0.339 e. The lowest BCUT2D eigenvalue weighted by molar-refractivity contribution is 0.394. The molecule has 72 valence electrons. The van der Waals surface area contributed by atoms with Gasteiger partial charge in [0.2, 0.25) is 11.7 Å². The van der Waals surface area contributed by atoms with Gasteiger partial charge in [0.25, 0.3) is 0 Å². The molecule has 0 unspecified atom stereocenters. The van der Waals surface area contributed by atoms with E-state index in [0.29, 0.717) is 27.3 Å². The minimum atomic E-state index is 0.415. The van der Waals surface area contributed by atoms with Gasteiger partial charge < -0.3 is 4.52 Å². The van der Waals surface area contributed by atoms with Gasteiger partial charge >= 0.3 is 0 Å². The van der Waals surface area contributed by atoms with Crippen molar-refractivity contribution in [2.75, 3.05) is 0 Å². The SMILES string of the molecule is Cc1nc(-c2c(Cl)cccc2Cl)no1. The summed E-state index contributed by atoms with van der Waals surface area (Å²) in [5.41, 5.74) is 0.604. The smallest absolute Gasteiger partial charge is 0.223 e. The zero-order chi connectivity index (χ0) is 10.1. The number of hydrogen-bond donors (Lipinski definition) is 0. The van der Waals surface area contributed by atoms with Gasteiger partial charge in [-0.25, -0.2) is 0 Å². The molecule has 3 nitrogen and oxygen atoms in total. The lowest BCUT2D eigenvalue weighted by atomic mass is 10.2. The number of rotatable bonds is 1. The minimum absolute atomic E-state index is 0.415. The highest BCUT2D eigenvalue weighted by atomic mass is 35.5. The Labute approximate surface area is 90.6 Å². The summed E-state index contributed by atoms with van der Waals surface area (Å²) in [7, 11) is 0. The summed E-state index contributed by atoms with van der Waals surface area (Å²) in [4.78, 5) is 4.06. The third-order valence-corrected chi connectivity index (χ3v) is 2.34. The molecule has 0 saturated carbocycles. The average molecular weight is 229 g/mol. The maximum absolute atomic E-state index is 5.97. The molecule has 0 aliphatic rings. The molecule has 2 rings (SSSR count). The summed E-state index contributed by atoms with van der Waals surface area (Å²) in [6.45, 7) is 1.71. The molecule has 2 aromatic rings. The highest BCUT2D eigenvalue weighted by molar-refractivity contribution is 6.38. The Morgan fingerprint density at radius 3 is 2.36 bits per heavy atom. The molecule has 0 aliphatic heterocycles. The van der Waals surface area contributed by atoms with Crippen LogP contribution in [-0.4, -0.2) is 10.1 Å². The first kappa shape index (κ1) is 9.49. The van der Waals surface area contributed by atoms with E-state index in [2.05, 4.69) is 10.1 Å². The molecule has 0 spiro atoms. The highest BCUT2D eigenvalue weighted by Crippen LogP contribution is 2.32. The molecule has 0 amide bonds. The number of aryl methyl sites for hydroxylation is 1. The van der Waals surface area contributed by atoms with E-state index in [9.17, 15) is 0 Å². The predicted molar refractivity (Wildman–Crippen MR) is 54.5 cm³/mol. The van der Waals surface area contributed by atoms with Crippen molar-refractivity contribution in [3.8, 4) is 11.4 Å². The normalized spacial score (nSPS) is 10.5. The van der Waals surface area contributed by atoms with Gasteiger partial charge in [0.1, 0.15) is 0 Å². The molecule has 5 heteroatoms. The molecule has 0 fully saturated rings. The first-order valence-electron chi connectivity index (χ1n) is 3.93. The van der Waals surface area contributed by atoms with Gasteiger partial charge in [0.15, 0.2) is 0 Å². The Morgan fingerprint density at radius 2 is 1.86 bits per heavy atom. The summed E-state index contributed by atoms with van der Waals surface area (Å²) in [5.74, 6) is 0.897. The third kappa shape index (κ3) is 1.61. The molecule has 0 aliphatic carbocycles. The second kappa shape index (κ2) is 3.59. The Balaban J connectivity index is 2.61. The van der Waals surface area contributed by atoms with Gasteiger partial charge in [-0.05, 0) is 12.1 Å². The zero-order valence-corrected chi connectivity index (χ0v) is 8.80. The average Bonchev–Trinajstić information content (AvgIpc) is 2.51. The quantitative estimate of drug-likeness (QED) is 0.752. The Hall–Kier alpha value is -1.06. The van der Waals surface area contributed by atoms with E-state index in [-0.39, 0.29) is 0 Å². The first-order chi connectivity index (χ1) is 6.68. The van der Waals surface area contributed by atoms with Gasteiger partial charge in [-0.3, -0.25) is 0 Å². The van der Waals surface area contributed by atoms with Crippen LogP contribution in [0.2, 0.25) is 10.0 Å². The zero-order valence-electron chi connectivity index (χ0n) is 7.29. The van der Waals surface area contributed by atoms with E-state index in [4.69, 9.17) is 27.7 Å². The first-order valence-corrected chi connectivity index (χ1v) is 4.69. The van der Waals surface area contributed by atoms with E-state index >= 15 is 0 Å². The number of benzene rings is 1. The van der Waals surface area contributed by atoms with Gasteiger partial charge in [0.05, 0.1) is 15.6 Å². The van der Waals surface area contributed by atoms with Gasteiger partial charge in [-0.15, -0.1) is 0 Å². The van der Waals surface area contributed by atoms with Crippen molar-refractivity contribution in [1.29, 1.82) is 0 Å². The molecule has 1 aromatic carbocycles. The van der Waals surface area contributed by atoms with Gasteiger partial charge in [0, 0.05) is 6.92 Å². The van der Waals surface area contributed by atoms with Crippen molar-refractivity contribution in [1.82, 2.24) is 10.1 Å². The van der Waals surface area contributed by atoms with Crippen LogP contribution in [0.15, 0.2) is 22.7 Å². The maximum Gasteiger partial charge on any atom is 0.223 e. The van der Waals surface area contributed by atoms with Crippen LogP contribution in [0.5, 0.6) is 0 Å². The highest BCUT2D eigenvalue weighted by Gasteiger charge is 2.13. The Morgan fingerprint density at radius 1 is 1.21 bits per heavy atom. The van der Waals surface area contributed by atoms with E-state index in [1.807, 2.05) is 0 Å². The second-order valence-corrected chi connectivity index (χ2v) is 3.55. The molecule has 0 saturated heterocycles. The summed E-state index contributed by atoms with van der Waals surface area (Å²) in [6.07, 6.45) is 0. The predicted octanol–water partition coefficient (Wildman–Crippen LogP) is 3.35. The molecular weight excluding hydrogens is 223 g/mol. The maximum atomic E-state index is 5.97. The fraction of sp³-hybridized carbons (Fsp3) is 0.111. The van der Waals surface area contributed by atoms with Gasteiger partial charge in [-0.2, -0.15) is 4.98 Å². The van der Waals surface area contributed by atoms with Crippen LogP contribution in [0.3, 0.4) is 0 Å². The van der Waals surface area contributed by atoms with Crippen LogP contribution in [0.4, 0.5) is 0 Å². The van der Waals surface area contributed by atoms with Crippen LogP contribution in [0, 0.1) is 6.92 Å². The molecule has 0 radical (unpaired) electrons. The molecule has 1 aromatic heterocycles. The number of nitrogens with zero attached hydrogens (tertiary/aromatic N) is 2. The van der Waals surface area contributed by atoms with Crippen LogP contribution in [0.25, 0.3) is 11.4 Å². The van der Waals surface area contributed by atoms with Crippen molar-refractivity contribution in [3.05, 3.63) is 34.1 Å². The molecule has 0 bridgehead atoms. The van der Waals surface area contributed by atoms with E-state index in [0.717, 1.165) is 0 Å². The number of halogens is 2. The fourth-order valence-electron chi connectivity index (χ4n) is 1.11. The van der Waals surface area contributed by atoms with Crippen molar-refractivity contribution < 1.29 is 4.52 Å². The molecular formula is C9H6Cl2N2O. The van der Waals surface area contributed by atoms with Crippen LogP contribution < -0.4 is 0 Å². The molecule has 0 N–H and O–H groups in total. The van der Waals surface area contributed by atoms with Crippen molar-refractivity contribution >= 4 is 23.2 Å².